The van der Waals surface area contributed by atoms with Gasteiger partial charge in [0, 0.05) is 5.92 Å². The van der Waals surface area contributed by atoms with Crippen molar-refractivity contribution < 1.29 is 0 Å². The van der Waals surface area contributed by atoms with Gasteiger partial charge in [-0.1, -0.05) is 60.7 Å². The van der Waals surface area contributed by atoms with E-state index in [4.69, 9.17) is 0 Å². The van der Waals surface area contributed by atoms with Gasteiger partial charge < -0.3 is 0 Å². The van der Waals surface area contributed by atoms with Gasteiger partial charge in [0.2, 0.25) is 0 Å². The van der Waals surface area contributed by atoms with Gasteiger partial charge in [0.05, 0.1) is 23.1 Å². The molecule has 1 unspecified atom stereocenters. The lowest BCUT2D eigenvalue weighted by Gasteiger charge is -2.53. The Labute approximate surface area is 129 Å². The molecule has 0 radical (unpaired) electrons. The Hall–Kier alpha value is -2.84. The minimum Gasteiger partial charge on any atom is -0.197 e. The van der Waals surface area contributed by atoms with Crippen LogP contribution in [0.1, 0.15) is 29.0 Å². The molecule has 2 aliphatic rings. The second-order valence-electron chi connectivity index (χ2n) is 6.07. The summed E-state index contributed by atoms with van der Waals surface area (Å²) in [6, 6.07) is 23.0. The molecular weight excluding hydrogens is 268 g/mol. The molecule has 0 N–H and O–H groups in total. The first-order valence-corrected chi connectivity index (χ1v) is 7.48. The molecule has 2 aromatic rings. The van der Waals surface area contributed by atoms with Crippen molar-refractivity contribution in [1.29, 1.82) is 10.5 Å². The van der Waals surface area contributed by atoms with E-state index < -0.39 is 5.41 Å². The van der Waals surface area contributed by atoms with Crippen LogP contribution in [-0.2, 0) is 5.41 Å². The van der Waals surface area contributed by atoms with Crippen LogP contribution in [0.15, 0.2) is 60.7 Å². The number of hydrogen-bond acceptors (Lipinski definition) is 2. The number of nitriles is 2. The second kappa shape index (κ2) is 4.58. The van der Waals surface area contributed by atoms with Crippen LogP contribution in [0.2, 0.25) is 0 Å². The number of fused-ring (bicyclic) bond motifs is 3. The summed E-state index contributed by atoms with van der Waals surface area (Å²) in [4.78, 5) is 0. The van der Waals surface area contributed by atoms with Gasteiger partial charge in [-0.2, -0.15) is 10.5 Å². The number of allylic oxidation sites excluding steroid dienone is 2. The fourth-order valence-corrected chi connectivity index (χ4v) is 4.02. The third-order valence-electron chi connectivity index (χ3n) is 5.14. The molecule has 3 atom stereocenters. The maximum Gasteiger partial charge on any atom is 0.0994 e. The Morgan fingerprint density at radius 3 is 2.41 bits per heavy atom. The summed E-state index contributed by atoms with van der Waals surface area (Å²) < 4.78 is 0. The summed E-state index contributed by atoms with van der Waals surface area (Å²) in [5, 5.41) is 19.4. The van der Waals surface area contributed by atoms with Crippen LogP contribution < -0.4 is 0 Å². The molecule has 2 heteroatoms. The SMILES string of the molecule is N#CC1=CC2[C@H](c3ccccc3)C[C@]2(C#N)c2ccccc21. The molecule has 4 rings (SSSR count). The molecule has 0 saturated heterocycles. The smallest absolute Gasteiger partial charge is 0.0994 e. The largest absolute Gasteiger partial charge is 0.197 e. The Balaban J connectivity index is 1.87. The normalized spacial score (nSPS) is 28.2. The molecule has 0 spiro atoms. The lowest BCUT2D eigenvalue weighted by atomic mass is 9.47. The fourth-order valence-electron chi connectivity index (χ4n) is 4.02. The van der Waals surface area contributed by atoms with Gasteiger partial charge >= 0.3 is 0 Å². The Morgan fingerprint density at radius 1 is 0.955 bits per heavy atom. The maximum absolute atomic E-state index is 9.88. The van der Waals surface area contributed by atoms with Gasteiger partial charge in [0.15, 0.2) is 0 Å². The topological polar surface area (TPSA) is 47.6 Å². The van der Waals surface area contributed by atoms with Gasteiger partial charge in [0.1, 0.15) is 0 Å². The van der Waals surface area contributed by atoms with Crippen LogP contribution in [-0.4, -0.2) is 0 Å². The summed E-state index contributed by atoms with van der Waals surface area (Å²) in [7, 11) is 0. The van der Waals surface area contributed by atoms with Crippen LogP contribution in [0, 0.1) is 28.6 Å². The van der Waals surface area contributed by atoms with E-state index in [2.05, 4.69) is 24.3 Å². The molecule has 2 nitrogen and oxygen atoms in total. The van der Waals surface area contributed by atoms with Gasteiger partial charge in [0.25, 0.3) is 0 Å². The zero-order valence-corrected chi connectivity index (χ0v) is 12.0. The van der Waals surface area contributed by atoms with E-state index in [0.717, 1.165) is 17.5 Å². The lowest BCUT2D eigenvalue weighted by Crippen LogP contribution is -2.50. The molecule has 1 fully saturated rings. The average molecular weight is 282 g/mol. The van der Waals surface area contributed by atoms with Crippen molar-refractivity contribution in [3.63, 3.8) is 0 Å². The minimum atomic E-state index is -0.475. The number of hydrogen-bond donors (Lipinski definition) is 0. The van der Waals surface area contributed by atoms with Crippen molar-refractivity contribution in [3.8, 4) is 12.1 Å². The van der Waals surface area contributed by atoms with Crippen LogP contribution in [0.3, 0.4) is 0 Å². The molecule has 2 aromatic carbocycles. The van der Waals surface area contributed by atoms with Crippen molar-refractivity contribution in [3.05, 3.63) is 77.4 Å². The first-order chi connectivity index (χ1) is 10.8. The molecule has 22 heavy (non-hydrogen) atoms. The van der Waals surface area contributed by atoms with Gasteiger partial charge in [-0.25, -0.2) is 0 Å². The molecule has 104 valence electrons. The molecule has 1 saturated carbocycles. The highest BCUT2D eigenvalue weighted by molar-refractivity contribution is 5.83. The molecule has 2 aliphatic carbocycles. The van der Waals surface area contributed by atoms with Crippen LogP contribution in [0.5, 0.6) is 0 Å². The number of benzene rings is 2. The van der Waals surface area contributed by atoms with Crippen molar-refractivity contribution >= 4 is 5.57 Å². The van der Waals surface area contributed by atoms with Crippen LogP contribution in [0.25, 0.3) is 5.57 Å². The molecular formula is C20H14N2. The van der Waals surface area contributed by atoms with E-state index in [1.165, 1.54) is 5.56 Å². The summed E-state index contributed by atoms with van der Waals surface area (Å²) in [5.74, 6) is 0.405. The van der Waals surface area contributed by atoms with Crippen molar-refractivity contribution in [2.24, 2.45) is 5.92 Å². The van der Waals surface area contributed by atoms with E-state index in [9.17, 15) is 10.5 Å². The molecule has 0 heterocycles. The lowest BCUT2D eigenvalue weighted by molar-refractivity contribution is 0.180. The highest BCUT2D eigenvalue weighted by Gasteiger charge is 2.57. The van der Waals surface area contributed by atoms with E-state index in [1.807, 2.05) is 48.5 Å². The van der Waals surface area contributed by atoms with E-state index >= 15 is 0 Å². The standard InChI is InChI=1S/C20H14N2/c21-12-15-10-19-17(14-6-2-1-3-7-14)11-20(19,13-22)18-9-5-4-8-16(15)18/h1-10,17,19H,11H2/t17-,19?,20-/m0/s1. The Bertz CT molecular complexity index is 851. The average Bonchev–Trinajstić information content (AvgIpc) is 2.57. The third kappa shape index (κ3) is 1.53. The Morgan fingerprint density at radius 2 is 1.68 bits per heavy atom. The predicted molar refractivity (Wildman–Crippen MR) is 84.6 cm³/mol. The van der Waals surface area contributed by atoms with Crippen LogP contribution in [0.4, 0.5) is 0 Å². The van der Waals surface area contributed by atoms with E-state index in [1.54, 1.807) is 0 Å². The summed E-state index contributed by atoms with van der Waals surface area (Å²) >= 11 is 0. The van der Waals surface area contributed by atoms with Gasteiger partial charge in [-0.15, -0.1) is 0 Å². The van der Waals surface area contributed by atoms with Gasteiger partial charge in [-0.05, 0) is 29.0 Å². The first-order valence-electron chi connectivity index (χ1n) is 7.48. The first kappa shape index (κ1) is 12.9. The third-order valence-corrected chi connectivity index (χ3v) is 5.14. The monoisotopic (exact) mass is 282 g/mol. The Kier molecular flexibility index (Phi) is 2.68. The molecule has 0 amide bonds. The number of rotatable bonds is 1. The molecule has 0 aliphatic heterocycles. The summed E-state index contributed by atoms with van der Waals surface area (Å²) in [6.07, 6.45) is 2.84. The minimum absolute atomic E-state index is 0.0875. The predicted octanol–water partition coefficient (Wildman–Crippen LogP) is 4.17. The van der Waals surface area contributed by atoms with E-state index in [0.29, 0.717) is 11.5 Å². The van der Waals surface area contributed by atoms with Crippen molar-refractivity contribution in [2.45, 2.75) is 17.8 Å². The number of nitrogens with zero attached hydrogens (tertiary/aromatic N) is 2. The highest BCUT2D eigenvalue weighted by Crippen LogP contribution is 2.61. The summed E-state index contributed by atoms with van der Waals surface area (Å²) in [5.41, 5.74) is 3.43. The van der Waals surface area contributed by atoms with Crippen LogP contribution >= 0.6 is 0 Å². The molecule has 0 bridgehead atoms. The molecule has 0 aromatic heterocycles. The highest BCUT2D eigenvalue weighted by atomic mass is 14.6. The zero-order chi connectivity index (χ0) is 15.2. The fraction of sp³-hybridized carbons (Fsp3) is 0.200. The van der Waals surface area contributed by atoms with Crippen molar-refractivity contribution in [1.82, 2.24) is 0 Å². The second-order valence-corrected chi connectivity index (χ2v) is 6.07. The van der Waals surface area contributed by atoms with Gasteiger partial charge in [-0.3, -0.25) is 0 Å². The quantitative estimate of drug-likeness (QED) is 0.788. The van der Waals surface area contributed by atoms with E-state index in [-0.39, 0.29) is 5.92 Å². The summed E-state index contributed by atoms with van der Waals surface area (Å²) in [6.45, 7) is 0. The van der Waals surface area contributed by atoms with Crippen molar-refractivity contribution in [2.75, 3.05) is 0 Å². The maximum atomic E-state index is 9.88. The zero-order valence-electron chi connectivity index (χ0n) is 12.0.